The fourth-order valence-corrected chi connectivity index (χ4v) is 3.48. The maximum atomic E-state index is 6.49. The average Bonchev–Trinajstić information content (AvgIpc) is 3.24. The lowest BCUT2D eigenvalue weighted by Gasteiger charge is -2.21. The Morgan fingerprint density at radius 1 is 0.767 bits per heavy atom. The first-order chi connectivity index (χ1) is 14.8. The second kappa shape index (κ2) is 7.63. The second-order valence-corrected chi connectivity index (χ2v) is 6.85. The van der Waals surface area contributed by atoms with E-state index in [1.807, 2.05) is 60.7 Å². The smallest absolute Gasteiger partial charge is 0.184 e. The highest BCUT2D eigenvalue weighted by atomic mass is 15.4. The van der Waals surface area contributed by atoms with E-state index in [9.17, 15) is 0 Å². The Morgan fingerprint density at radius 3 is 2.10 bits per heavy atom. The fourth-order valence-electron chi connectivity index (χ4n) is 3.48. The van der Waals surface area contributed by atoms with Crippen LogP contribution in [-0.2, 0) is 0 Å². The number of para-hydroxylation sites is 1. The molecule has 7 nitrogen and oxygen atoms in total. The molecule has 0 aliphatic rings. The van der Waals surface area contributed by atoms with Crippen molar-refractivity contribution in [3.63, 3.8) is 0 Å². The van der Waals surface area contributed by atoms with Crippen LogP contribution in [0.3, 0.4) is 0 Å². The zero-order chi connectivity index (χ0) is 20.3. The first kappa shape index (κ1) is 17.8. The Balaban J connectivity index is 1.58. The van der Waals surface area contributed by atoms with Crippen LogP contribution in [0.15, 0.2) is 91.3 Å². The molecule has 2 heterocycles. The molecule has 5 aromatic rings. The summed E-state index contributed by atoms with van der Waals surface area (Å²) >= 11 is 0. The first-order valence-electron chi connectivity index (χ1n) is 9.59. The van der Waals surface area contributed by atoms with E-state index in [0.717, 1.165) is 22.2 Å². The van der Waals surface area contributed by atoms with Crippen LogP contribution in [-0.4, -0.2) is 25.0 Å². The summed E-state index contributed by atoms with van der Waals surface area (Å²) in [5.74, 6) is 1.03. The summed E-state index contributed by atoms with van der Waals surface area (Å²) in [4.78, 5) is 8.78. The van der Waals surface area contributed by atoms with Crippen LogP contribution < -0.4 is 11.1 Å². The van der Waals surface area contributed by atoms with E-state index in [-0.39, 0.29) is 6.04 Å². The summed E-state index contributed by atoms with van der Waals surface area (Å²) in [5.41, 5.74) is 10.7. The van der Waals surface area contributed by atoms with Gasteiger partial charge in [0.15, 0.2) is 11.6 Å². The third-order valence-electron chi connectivity index (χ3n) is 4.96. The minimum absolute atomic E-state index is 0.120. The summed E-state index contributed by atoms with van der Waals surface area (Å²) in [7, 11) is 0. The standard InChI is InChI=1S/C23H19N7/c24-20-22(25-15-26-23(20)30-19-14-8-7-13-18(19)28-29-30)27-21(16-9-3-1-4-10-16)17-11-5-2-6-12-17/h1-15,21H,24H2,(H,25,26,27). The number of rotatable bonds is 5. The molecule has 3 N–H and O–H groups in total. The van der Waals surface area contributed by atoms with Crippen molar-refractivity contribution in [1.82, 2.24) is 25.0 Å². The lowest BCUT2D eigenvalue weighted by molar-refractivity contribution is 0.798. The number of aromatic nitrogens is 5. The number of hydrogen-bond acceptors (Lipinski definition) is 6. The average molecular weight is 393 g/mol. The van der Waals surface area contributed by atoms with Gasteiger partial charge >= 0.3 is 0 Å². The number of nitrogens with two attached hydrogens (primary N) is 1. The molecule has 5 rings (SSSR count). The molecule has 0 radical (unpaired) electrons. The summed E-state index contributed by atoms with van der Waals surface area (Å²) < 4.78 is 1.64. The Bertz CT molecular complexity index is 1240. The van der Waals surface area contributed by atoms with Crippen molar-refractivity contribution in [1.29, 1.82) is 0 Å². The number of nitrogen functional groups attached to an aromatic ring is 1. The van der Waals surface area contributed by atoms with E-state index < -0.39 is 0 Å². The van der Waals surface area contributed by atoms with Gasteiger partial charge in [0.25, 0.3) is 0 Å². The fraction of sp³-hybridized carbons (Fsp3) is 0.0435. The van der Waals surface area contributed by atoms with Crippen LogP contribution in [0.1, 0.15) is 17.2 Å². The van der Waals surface area contributed by atoms with Crippen molar-refractivity contribution in [2.75, 3.05) is 11.1 Å². The predicted molar refractivity (Wildman–Crippen MR) is 117 cm³/mol. The zero-order valence-electron chi connectivity index (χ0n) is 16.1. The Kier molecular flexibility index (Phi) is 4.53. The van der Waals surface area contributed by atoms with Gasteiger partial charge in [0.2, 0.25) is 0 Å². The molecule has 0 atom stereocenters. The summed E-state index contributed by atoms with van der Waals surface area (Å²) in [6.07, 6.45) is 1.48. The lowest BCUT2D eigenvalue weighted by Crippen LogP contribution is -2.16. The second-order valence-electron chi connectivity index (χ2n) is 6.85. The molecule has 7 heteroatoms. The number of benzene rings is 3. The molecule has 0 saturated heterocycles. The van der Waals surface area contributed by atoms with Gasteiger partial charge in [0.05, 0.1) is 11.6 Å². The van der Waals surface area contributed by atoms with E-state index in [1.165, 1.54) is 6.33 Å². The van der Waals surface area contributed by atoms with Gasteiger partial charge in [-0.05, 0) is 23.3 Å². The van der Waals surface area contributed by atoms with Gasteiger partial charge in [0.1, 0.15) is 17.5 Å². The third kappa shape index (κ3) is 3.22. The predicted octanol–water partition coefficient (Wildman–Crippen LogP) is 3.99. The van der Waals surface area contributed by atoms with Gasteiger partial charge in [-0.15, -0.1) is 5.10 Å². The maximum Gasteiger partial charge on any atom is 0.184 e. The number of fused-ring (bicyclic) bond motifs is 1. The Hall–Kier alpha value is -4.26. The number of nitrogens with one attached hydrogen (secondary N) is 1. The van der Waals surface area contributed by atoms with Crippen molar-refractivity contribution in [2.24, 2.45) is 0 Å². The van der Waals surface area contributed by atoms with E-state index in [2.05, 4.69) is 49.9 Å². The molecule has 0 saturated carbocycles. The molecule has 146 valence electrons. The molecule has 3 aromatic carbocycles. The van der Waals surface area contributed by atoms with Crippen molar-refractivity contribution < 1.29 is 0 Å². The number of hydrogen-bond donors (Lipinski definition) is 2. The van der Waals surface area contributed by atoms with E-state index in [4.69, 9.17) is 5.73 Å². The maximum absolute atomic E-state index is 6.49. The van der Waals surface area contributed by atoms with Crippen molar-refractivity contribution in [3.05, 3.63) is 102 Å². The topological polar surface area (TPSA) is 94.5 Å². The van der Waals surface area contributed by atoms with E-state index in [1.54, 1.807) is 4.68 Å². The minimum Gasteiger partial charge on any atom is -0.393 e. The minimum atomic E-state index is -0.120. The number of nitrogens with zero attached hydrogens (tertiary/aromatic N) is 5. The van der Waals surface area contributed by atoms with Crippen LogP contribution in [0.5, 0.6) is 0 Å². The molecule has 30 heavy (non-hydrogen) atoms. The van der Waals surface area contributed by atoms with Crippen molar-refractivity contribution in [2.45, 2.75) is 6.04 Å². The SMILES string of the molecule is Nc1c(NC(c2ccccc2)c2ccccc2)ncnc1-n1nnc2ccccc21. The van der Waals surface area contributed by atoms with Crippen LogP contribution in [0, 0.1) is 0 Å². The van der Waals surface area contributed by atoms with Gasteiger partial charge in [-0.3, -0.25) is 0 Å². The highest BCUT2D eigenvalue weighted by Crippen LogP contribution is 2.30. The summed E-state index contributed by atoms with van der Waals surface area (Å²) in [6.45, 7) is 0. The Morgan fingerprint density at radius 2 is 1.40 bits per heavy atom. The van der Waals surface area contributed by atoms with Gasteiger partial charge < -0.3 is 11.1 Å². The highest BCUT2D eigenvalue weighted by molar-refractivity contribution is 5.79. The largest absolute Gasteiger partial charge is 0.393 e. The summed E-state index contributed by atoms with van der Waals surface area (Å²) in [6, 6.07) is 27.9. The molecule has 0 aliphatic carbocycles. The van der Waals surface area contributed by atoms with Gasteiger partial charge in [0, 0.05) is 0 Å². The molecule has 0 fully saturated rings. The molecule has 0 aliphatic heterocycles. The highest BCUT2D eigenvalue weighted by Gasteiger charge is 2.19. The molecule has 0 spiro atoms. The van der Waals surface area contributed by atoms with Crippen molar-refractivity contribution >= 4 is 22.5 Å². The van der Waals surface area contributed by atoms with Crippen LogP contribution >= 0.6 is 0 Å². The first-order valence-corrected chi connectivity index (χ1v) is 9.59. The molecule has 0 unspecified atom stereocenters. The van der Waals surface area contributed by atoms with Crippen LogP contribution in [0.2, 0.25) is 0 Å². The van der Waals surface area contributed by atoms with E-state index in [0.29, 0.717) is 17.3 Å². The van der Waals surface area contributed by atoms with Crippen LogP contribution in [0.25, 0.3) is 16.9 Å². The molecule has 0 amide bonds. The van der Waals surface area contributed by atoms with Crippen LogP contribution in [0.4, 0.5) is 11.5 Å². The normalized spacial score (nSPS) is 11.1. The third-order valence-corrected chi connectivity index (χ3v) is 4.96. The summed E-state index contributed by atoms with van der Waals surface area (Å²) in [5, 5.41) is 11.9. The zero-order valence-corrected chi connectivity index (χ0v) is 16.1. The molecule has 0 bridgehead atoms. The quantitative estimate of drug-likeness (QED) is 0.469. The monoisotopic (exact) mass is 393 g/mol. The molecular weight excluding hydrogens is 374 g/mol. The van der Waals surface area contributed by atoms with Gasteiger partial charge in [-0.25, -0.2) is 9.97 Å². The van der Waals surface area contributed by atoms with Crippen molar-refractivity contribution in [3.8, 4) is 5.82 Å². The van der Waals surface area contributed by atoms with Gasteiger partial charge in [-0.1, -0.05) is 78.0 Å². The lowest BCUT2D eigenvalue weighted by atomic mass is 9.99. The molecule has 2 aromatic heterocycles. The Labute approximate surface area is 173 Å². The van der Waals surface area contributed by atoms with E-state index >= 15 is 0 Å². The van der Waals surface area contributed by atoms with Gasteiger partial charge in [-0.2, -0.15) is 4.68 Å². The molecular formula is C23H19N7. The number of anilines is 2.